The lowest BCUT2D eigenvalue weighted by Crippen LogP contribution is -2.43. The zero-order valence-corrected chi connectivity index (χ0v) is 16.2. The molecule has 0 saturated carbocycles. The first-order valence-electron chi connectivity index (χ1n) is 9.82. The molecule has 1 unspecified atom stereocenters. The Balaban J connectivity index is 1.53. The summed E-state index contributed by atoms with van der Waals surface area (Å²) in [6.07, 6.45) is -0.942. The van der Waals surface area contributed by atoms with Gasteiger partial charge >= 0.3 is 6.09 Å². The number of likely N-dealkylation sites (tertiary alicyclic amines) is 1. The average molecular weight is 379 g/mol. The second-order valence-corrected chi connectivity index (χ2v) is 8.04. The Morgan fingerprint density at radius 3 is 2.25 bits per heavy atom. The molecule has 2 amide bonds. The van der Waals surface area contributed by atoms with Crippen molar-refractivity contribution in [1.82, 2.24) is 4.90 Å². The number of hydrogen-bond acceptors (Lipinski definition) is 4. The predicted octanol–water partition coefficient (Wildman–Crippen LogP) is 3.94. The van der Waals surface area contributed by atoms with Gasteiger partial charge in [0.25, 0.3) is 0 Å². The number of ether oxygens (including phenoxy) is 1. The van der Waals surface area contributed by atoms with E-state index >= 15 is 0 Å². The number of carbonyl (C=O) groups is 2. The first-order valence-corrected chi connectivity index (χ1v) is 9.82. The molecule has 1 aliphatic heterocycles. The number of imide groups is 1. The Bertz CT molecular complexity index is 861. The Morgan fingerprint density at radius 1 is 1.11 bits per heavy atom. The number of amides is 2. The van der Waals surface area contributed by atoms with Gasteiger partial charge in [-0.15, -0.1) is 0 Å². The van der Waals surface area contributed by atoms with E-state index in [1.54, 1.807) is 0 Å². The lowest BCUT2D eigenvalue weighted by Gasteiger charge is -2.26. The third-order valence-corrected chi connectivity index (χ3v) is 5.67. The van der Waals surface area contributed by atoms with Gasteiger partial charge in [0.1, 0.15) is 6.61 Å². The zero-order valence-electron chi connectivity index (χ0n) is 16.2. The Morgan fingerprint density at radius 2 is 1.68 bits per heavy atom. The molecule has 146 valence electrons. The van der Waals surface area contributed by atoms with Crippen LogP contribution in [0, 0.1) is 5.92 Å². The molecule has 4 rings (SSSR count). The van der Waals surface area contributed by atoms with Crippen molar-refractivity contribution < 1.29 is 19.4 Å². The van der Waals surface area contributed by atoms with Crippen molar-refractivity contribution in [2.75, 3.05) is 6.61 Å². The van der Waals surface area contributed by atoms with Crippen molar-refractivity contribution in [3.8, 4) is 11.1 Å². The summed E-state index contributed by atoms with van der Waals surface area (Å²) in [4.78, 5) is 26.1. The topological polar surface area (TPSA) is 66.8 Å². The molecule has 5 heteroatoms. The molecule has 2 atom stereocenters. The minimum Gasteiger partial charge on any atom is -0.448 e. The maximum Gasteiger partial charge on any atom is 0.416 e. The fourth-order valence-corrected chi connectivity index (χ4v) is 4.42. The Labute approximate surface area is 164 Å². The number of carbonyl (C=O) groups excluding carboxylic acids is 2. The van der Waals surface area contributed by atoms with E-state index in [2.05, 4.69) is 24.3 Å². The summed E-state index contributed by atoms with van der Waals surface area (Å²) in [6.45, 7) is 4.18. The van der Waals surface area contributed by atoms with E-state index in [-0.39, 0.29) is 30.8 Å². The predicted molar refractivity (Wildman–Crippen MR) is 106 cm³/mol. The van der Waals surface area contributed by atoms with Crippen LogP contribution in [0.2, 0.25) is 0 Å². The van der Waals surface area contributed by atoms with Crippen LogP contribution in [0.15, 0.2) is 48.5 Å². The molecule has 1 fully saturated rings. The van der Waals surface area contributed by atoms with Crippen molar-refractivity contribution in [3.05, 3.63) is 59.7 Å². The smallest absolute Gasteiger partial charge is 0.416 e. The van der Waals surface area contributed by atoms with E-state index in [4.69, 9.17) is 4.74 Å². The summed E-state index contributed by atoms with van der Waals surface area (Å²) in [5.41, 5.74) is 4.57. The van der Waals surface area contributed by atoms with Gasteiger partial charge in [-0.1, -0.05) is 62.4 Å². The van der Waals surface area contributed by atoms with E-state index in [0.717, 1.165) is 27.2 Å². The molecule has 5 nitrogen and oxygen atoms in total. The molecule has 1 heterocycles. The van der Waals surface area contributed by atoms with Gasteiger partial charge < -0.3 is 9.84 Å². The summed E-state index contributed by atoms with van der Waals surface area (Å²) < 4.78 is 5.61. The second-order valence-electron chi connectivity index (χ2n) is 8.04. The molecule has 2 aromatic carbocycles. The maximum absolute atomic E-state index is 12.7. The third kappa shape index (κ3) is 3.20. The van der Waals surface area contributed by atoms with Crippen molar-refractivity contribution in [1.29, 1.82) is 0 Å². The fraction of sp³-hybridized carbons (Fsp3) is 0.391. The van der Waals surface area contributed by atoms with Crippen molar-refractivity contribution in [3.63, 3.8) is 0 Å². The van der Waals surface area contributed by atoms with E-state index in [9.17, 15) is 14.7 Å². The highest BCUT2D eigenvalue weighted by Crippen LogP contribution is 2.44. The fourth-order valence-electron chi connectivity index (χ4n) is 4.42. The molecule has 1 saturated heterocycles. The van der Waals surface area contributed by atoms with Gasteiger partial charge in [0.05, 0.1) is 18.6 Å². The molecule has 0 bridgehead atoms. The molecule has 1 aliphatic carbocycles. The molecule has 0 radical (unpaired) electrons. The molecule has 28 heavy (non-hydrogen) atoms. The quantitative estimate of drug-likeness (QED) is 0.874. The average Bonchev–Trinajstić information content (AvgIpc) is 3.13. The monoisotopic (exact) mass is 379 g/mol. The zero-order chi connectivity index (χ0) is 19.8. The number of fused-ring (bicyclic) bond motifs is 3. The highest BCUT2D eigenvalue weighted by atomic mass is 16.6. The Hall–Kier alpha value is -2.66. The molecule has 2 aromatic rings. The van der Waals surface area contributed by atoms with Crippen LogP contribution in [0.5, 0.6) is 0 Å². The minimum atomic E-state index is -0.824. The van der Waals surface area contributed by atoms with Crippen LogP contribution < -0.4 is 0 Å². The summed E-state index contributed by atoms with van der Waals surface area (Å²) in [6, 6.07) is 15.7. The molecule has 2 aliphatic rings. The number of aliphatic hydroxyl groups excluding tert-OH is 1. The van der Waals surface area contributed by atoms with Gasteiger partial charge in [-0.05, 0) is 34.6 Å². The summed E-state index contributed by atoms with van der Waals surface area (Å²) in [5, 5.41) is 10.2. The summed E-state index contributed by atoms with van der Waals surface area (Å²) in [7, 11) is 0. The van der Waals surface area contributed by atoms with Gasteiger partial charge in [0.2, 0.25) is 5.91 Å². The minimum absolute atomic E-state index is 0.0262. The van der Waals surface area contributed by atoms with Crippen LogP contribution in [-0.2, 0) is 9.53 Å². The molecule has 0 spiro atoms. The maximum atomic E-state index is 12.7. The van der Waals surface area contributed by atoms with E-state index in [0.29, 0.717) is 6.42 Å². The summed E-state index contributed by atoms with van der Waals surface area (Å²) >= 11 is 0. The van der Waals surface area contributed by atoms with Gasteiger partial charge in [-0.3, -0.25) is 4.79 Å². The molecule has 0 aromatic heterocycles. The van der Waals surface area contributed by atoms with Crippen LogP contribution in [0.1, 0.15) is 43.7 Å². The van der Waals surface area contributed by atoms with Gasteiger partial charge in [0.15, 0.2) is 0 Å². The van der Waals surface area contributed by atoms with Crippen LogP contribution >= 0.6 is 0 Å². The number of benzene rings is 2. The lowest BCUT2D eigenvalue weighted by atomic mass is 9.98. The van der Waals surface area contributed by atoms with E-state index in [1.165, 1.54) is 0 Å². The van der Waals surface area contributed by atoms with Crippen molar-refractivity contribution in [2.45, 2.75) is 44.8 Å². The van der Waals surface area contributed by atoms with Crippen molar-refractivity contribution >= 4 is 12.0 Å². The molecule has 1 N–H and O–H groups in total. The van der Waals surface area contributed by atoms with Gasteiger partial charge in [0, 0.05) is 5.92 Å². The highest BCUT2D eigenvalue weighted by Gasteiger charge is 2.44. The van der Waals surface area contributed by atoms with E-state index < -0.39 is 18.2 Å². The second kappa shape index (κ2) is 7.40. The number of aliphatic hydroxyl groups is 1. The van der Waals surface area contributed by atoms with Gasteiger partial charge in [-0.25, -0.2) is 9.69 Å². The van der Waals surface area contributed by atoms with Crippen LogP contribution in [0.4, 0.5) is 4.79 Å². The van der Waals surface area contributed by atoms with E-state index in [1.807, 2.05) is 38.1 Å². The Kier molecular flexibility index (Phi) is 4.94. The first kappa shape index (κ1) is 18.7. The standard InChI is InChI=1S/C23H25NO4/c1-14(2)11-20-21(25)12-22(26)24(20)23(27)28-13-19-17-9-5-3-7-15(17)16-8-4-6-10-18(16)19/h3-10,14,19-21,25H,11-13H2,1-2H3/t20-,21?/m0/s1. The molecular weight excluding hydrogens is 354 g/mol. The number of nitrogens with zero attached hydrogens (tertiary/aromatic N) is 1. The van der Waals surface area contributed by atoms with Crippen LogP contribution in [-0.4, -0.2) is 40.8 Å². The first-order chi connectivity index (χ1) is 13.5. The van der Waals surface area contributed by atoms with Crippen molar-refractivity contribution in [2.24, 2.45) is 5.92 Å². The highest BCUT2D eigenvalue weighted by molar-refractivity contribution is 5.94. The van der Waals surface area contributed by atoms with Crippen LogP contribution in [0.3, 0.4) is 0 Å². The molecular formula is C23H25NO4. The number of rotatable bonds is 4. The normalized spacial score (nSPS) is 21.1. The largest absolute Gasteiger partial charge is 0.448 e. The third-order valence-electron chi connectivity index (χ3n) is 5.67. The SMILES string of the molecule is CC(C)C[C@H]1C(O)CC(=O)N1C(=O)OCC1c2ccccc2-c2ccccc21. The lowest BCUT2D eigenvalue weighted by molar-refractivity contribution is -0.127. The summed E-state index contributed by atoms with van der Waals surface area (Å²) in [5.74, 6) is -0.160. The number of hydrogen-bond donors (Lipinski definition) is 1. The van der Waals surface area contributed by atoms with Gasteiger partial charge in [-0.2, -0.15) is 0 Å². The van der Waals surface area contributed by atoms with Crippen LogP contribution in [0.25, 0.3) is 11.1 Å².